The topological polar surface area (TPSA) is 77.0 Å². The zero-order chi connectivity index (χ0) is 15.8. The van der Waals surface area contributed by atoms with E-state index in [-0.39, 0.29) is 23.0 Å². The maximum atomic E-state index is 12.7. The average Bonchev–Trinajstić information content (AvgIpc) is 2.86. The second-order valence-corrected chi connectivity index (χ2v) is 4.47. The lowest BCUT2D eigenvalue weighted by atomic mass is 10.3. The Morgan fingerprint density at radius 2 is 2.05 bits per heavy atom. The summed E-state index contributed by atoms with van der Waals surface area (Å²) >= 11 is 0. The number of pyridine rings is 1. The lowest BCUT2D eigenvalue weighted by Crippen LogP contribution is -2.22. The number of nitrogens with zero attached hydrogens (tertiary/aromatic N) is 4. The molecule has 0 fully saturated rings. The minimum absolute atomic E-state index is 0.00938. The maximum absolute atomic E-state index is 12.7. The molecule has 0 aliphatic carbocycles. The second-order valence-electron chi connectivity index (χ2n) is 4.47. The first-order valence-electron chi connectivity index (χ1n) is 5.80. The number of halogens is 3. The minimum atomic E-state index is -4.59. The van der Waals surface area contributed by atoms with Crippen LogP contribution in [0.25, 0.3) is 5.69 Å². The number of anilines is 1. The Labute approximate surface area is 118 Å². The van der Waals surface area contributed by atoms with Crippen LogP contribution < -0.4 is 5.73 Å². The molecule has 0 aromatic carbocycles. The van der Waals surface area contributed by atoms with Gasteiger partial charge in [0.25, 0.3) is 5.91 Å². The van der Waals surface area contributed by atoms with Crippen molar-refractivity contribution in [1.82, 2.24) is 19.7 Å². The molecule has 2 aromatic rings. The molecular weight excluding hydrogens is 287 g/mol. The van der Waals surface area contributed by atoms with Gasteiger partial charge in [0.2, 0.25) is 0 Å². The van der Waals surface area contributed by atoms with Crippen molar-refractivity contribution in [2.24, 2.45) is 0 Å². The summed E-state index contributed by atoms with van der Waals surface area (Å²) in [6.45, 7) is 0. The molecule has 0 spiro atoms. The molecule has 112 valence electrons. The summed E-state index contributed by atoms with van der Waals surface area (Å²) in [7, 11) is 3.09. The molecule has 9 heteroatoms. The smallest absolute Gasteiger partial charge is 0.396 e. The Kier molecular flexibility index (Phi) is 3.58. The number of carbonyl (C=O) groups excluding carboxylic acids is 1. The van der Waals surface area contributed by atoms with Gasteiger partial charge < -0.3 is 10.6 Å². The summed E-state index contributed by atoms with van der Waals surface area (Å²) in [5.74, 6) is -0.363. The first-order valence-corrected chi connectivity index (χ1v) is 5.80. The van der Waals surface area contributed by atoms with E-state index in [0.29, 0.717) is 0 Å². The molecule has 0 aliphatic heterocycles. The molecule has 1 amide bonds. The summed E-state index contributed by atoms with van der Waals surface area (Å²) in [4.78, 5) is 16.3. The van der Waals surface area contributed by atoms with Crippen molar-refractivity contribution in [2.45, 2.75) is 6.18 Å². The Hall–Kier alpha value is -2.58. The molecule has 6 nitrogen and oxygen atoms in total. The number of hydrogen-bond acceptors (Lipinski definition) is 4. The van der Waals surface area contributed by atoms with Crippen LogP contribution in [-0.2, 0) is 6.18 Å². The van der Waals surface area contributed by atoms with E-state index in [1.165, 1.54) is 17.2 Å². The third-order valence-corrected chi connectivity index (χ3v) is 2.66. The first-order chi connectivity index (χ1) is 9.70. The number of aromatic nitrogens is 3. The minimum Gasteiger partial charge on any atom is -0.396 e. The van der Waals surface area contributed by atoms with E-state index < -0.39 is 11.9 Å². The fraction of sp³-hybridized carbons (Fsp3) is 0.250. The summed E-state index contributed by atoms with van der Waals surface area (Å²) in [6, 6.07) is 2.18. The highest BCUT2D eigenvalue weighted by molar-refractivity contribution is 5.91. The highest BCUT2D eigenvalue weighted by Crippen LogP contribution is 2.30. The van der Waals surface area contributed by atoms with Crippen LogP contribution in [0.4, 0.5) is 18.9 Å². The largest absolute Gasteiger partial charge is 0.433 e. The van der Waals surface area contributed by atoms with Crippen LogP contribution in [-0.4, -0.2) is 39.7 Å². The molecule has 0 bridgehead atoms. The Morgan fingerprint density at radius 3 is 2.62 bits per heavy atom. The third-order valence-electron chi connectivity index (χ3n) is 2.66. The number of carbonyl (C=O) groups is 1. The van der Waals surface area contributed by atoms with Gasteiger partial charge in [0.1, 0.15) is 5.69 Å². The molecule has 0 radical (unpaired) electrons. The van der Waals surface area contributed by atoms with Gasteiger partial charge in [-0.1, -0.05) is 0 Å². The van der Waals surface area contributed by atoms with Crippen LogP contribution in [0.1, 0.15) is 16.2 Å². The van der Waals surface area contributed by atoms with Gasteiger partial charge >= 0.3 is 6.18 Å². The first kappa shape index (κ1) is 14.8. The summed E-state index contributed by atoms with van der Waals surface area (Å²) in [5.41, 5.74) is 4.68. The van der Waals surface area contributed by atoms with Gasteiger partial charge in [0, 0.05) is 20.3 Å². The Bertz CT molecular complexity index is 678. The quantitative estimate of drug-likeness (QED) is 0.913. The van der Waals surface area contributed by atoms with E-state index in [1.54, 1.807) is 14.1 Å². The van der Waals surface area contributed by atoms with E-state index >= 15 is 0 Å². The zero-order valence-electron chi connectivity index (χ0n) is 11.2. The number of hydrogen-bond donors (Lipinski definition) is 1. The predicted octanol–water partition coefficient (Wildman–Crippen LogP) is 1.57. The van der Waals surface area contributed by atoms with Crippen LogP contribution in [0, 0.1) is 0 Å². The molecule has 0 saturated carbocycles. The molecular formula is C12H12F3N5O. The van der Waals surface area contributed by atoms with Crippen LogP contribution in [0.5, 0.6) is 0 Å². The molecule has 0 aliphatic rings. The SMILES string of the molecule is CN(C)C(=O)c1ccn(-c2cc(C(F)(F)F)ncc2N)n1. The summed E-state index contributed by atoms with van der Waals surface area (Å²) < 4.78 is 39.1. The van der Waals surface area contributed by atoms with Gasteiger partial charge in [-0.2, -0.15) is 18.3 Å². The van der Waals surface area contributed by atoms with Crippen LogP contribution in [0.2, 0.25) is 0 Å². The Balaban J connectivity index is 2.45. The van der Waals surface area contributed by atoms with Crippen LogP contribution in [0.15, 0.2) is 24.5 Å². The lowest BCUT2D eigenvalue weighted by Gasteiger charge is -2.10. The standard InChI is InChI=1S/C12H12F3N5O/c1-19(2)11(21)8-3-4-20(18-8)9-5-10(12(13,14)15)17-6-7(9)16/h3-6H,16H2,1-2H3. The van der Waals surface area contributed by atoms with Gasteiger partial charge in [-0.25, -0.2) is 9.67 Å². The summed E-state index contributed by atoms with van der Waals surface area (Å²) in [5, 5.41) is 3.94. The number of rotatable bonds is 2. The van der Waals surface area contributed by atoms with Gasteiger partial charge in [0.05, 0.1) is 17.6 Å². The van der Waals surface area contributed by atoms with Gasteiger partial charge in [-0.05, 0) is 12.1 Å². The number of nitrogen functional groups attached to an aromatic ring is 1. The van der Waals surface area contributed by atoms with E-state index in [0.717, 1.165) is 16.9 Å². The van der Waals surface area contributed by atoms with Crippen molar-refractivity contribution >= 4 is 11.6 Å². The van der Waals surface area contributed by atoms with E-state index in [4.69, 9.17) is 5.73 Å². The zero-order valence-corrected chi connectivity index (χ0v) is 11.2. The van der Waals surface area contributed by atoms with Crippen molar-refractivity contribution in [3.05, 3.63) is 35.9 Å². The van der Waals surface area contributed by atoms with Crippen molar-refractivity contribution < 1.29 is 18.0 Å². The molecule has 2 heterocycles. The van der Waals surface area contributed by atoms with Crippen molar-refractivity contribution in [3.63, 3.8) is 0 Å². The number of amides is 1. The highest BCUT2D eigenvalue weighted by Gasteiger charge is 2.33. The molecule has 2 aromatic heterocycles. The second kappa shape index (κ2) is 5.08. The van der Waals surface area contributed by atoms with Gasteiger partial charge in [-0.3, -0.25) is 4.79 Å². The number of alkyl halides is 3. The van der Waals surface area contributed by atoms with Gasteiger partial charge in [0.15, 0.2) is 5.69 Å². The van der Waals surface area contributed by atoms with Crippen molar-refractivity contribution in [2.75, 3.05) is 19.8 Å². The fourth-order valence-corrected chi connectivity index (χ4v) is 1.61. The Morgan fingerprint density at radius 1 is 1.38 bits per heavy atom. The predicted molar refractivity (Wildman–Crippen MR) is 68.8 cm³/mol. The van der Waals surface area contributed by atoms with Crippen LogP contribution >= 0.6 is 0 Å². The molecule has 2 rings (SSSR count). The third kappa shape index (κ3) is 2.96. The van der Waals surface area contributed by atoms with Crippen molar-refractivity contribution in [1.29, 1.82) is 0 Å². The van der Waals surface area contributed by atoms with E-state index in [9.17, 15) is 18.0 Å². The maximum Gasteiger partial charge on any atom is 0.433 e. The normalized spacial score (nSPS) is 11.5. The average molecular weight is 299 g/mol. The van der Waals surface area contributed by atoms with Crippen LogP contribution in [0.3, 0.4) is 0 Å². The molecule has 0 atom stereocenters. The van der Waals surface area contributed by atoms with E-state index in [2.05, 4.69) is 10.1 Å². The van der Waals surface area contributed by atoms with Gasteiger partial charge in [-0.15, -0.1) is 0 Å². The van der Waals surface area contributed by atoms with E-state index in [1.807, 2.05) is 0 Å². The molecule has 0 unspecified atom stereocenters. The monoisotopic (exact) mass is 299 g/mol. The lowest BCUT2D eigenvalue weighted by molar-refractivity contribution is -0.141. The molecule has 0 saturated heterocycles. The fourth-order valence-electron chi connectivity index (χ4n) is 1.61. The summed E-state index contributed by atoms with van der Waals surface area (Å²) in [6.07, 6.45) is -2.31. The number of nitrogens with two attached hydrogens (primary N) is 1. The molecule has 2 N–H and O–H groups in total. The van der Waals surface area contributed by atoms with Crippen molar-refractivity contribution in [3.8, 4) is 5.69 Å². The molecule has 21 heavy (non-hydrogen) atoms. The highest BCUT2D eigenvalue weighted by atomic mass is 19.4.